The van der Waals surface area contributed by atoms with Crippen LogP contribution in [-0.4, -0.2) is 29.3 Å². The quantitative estimate of drug-likeness (QED) is 0.355. The molecule has 0 spiro atoms. The number of nitrogens with zero attached hydrogens (tertiary/aromatic N) is 3. The van der Waals surface area contributed by atoms with E-state index in [2.05, 4.69) is 33.7 Å². The summed E-state index contributed by atoms with van der Waals surface area (Å²) in [5.74, 6) is 0.608. The van der Waals surface area contributed by atoms with Crippen molar-refractivity contribution < 1.29 is 4.39 Å². The highest BCUT2D eigenvalue weighted by molar-refractivity contribution is 14.0. The molecular formula is C22H33FIN5. The van der Waals surface area contributed by atoms with Crippen LogP contribution < -0.4 is 10.6 Å². The zero-order valence-electron chi connectivity index (χ0n) is 17.9. The molecule has 2 aromatic rings. The number of rotatable bonds is 5. The third-order valence-electron chi connectivity index (χ3n) is 6.16. The molecule has 1 aromatic heterocycles. The van der Waals surface area contributed by atoms with E-state index in [0.29, 0.717) is 6.54 Å². The Kier molecular flexibility index (Phi) is 8.48. The minimum absolute atomic E-state index is 0. The lowest BCUT2D eigenvalue weighted by atomic mass is 9.69. The van der Waals surface area contributed by atoms with Gasteiger partial charge in [0.1, 0.15) is 5.82 Å². The van der Waals surface area contributed by atoms with Crippen LogP contribution in [0.5, 0.6) is 0 Å². The molecule has 1 aliphatic carbocycles. The molecule has 1 aromatic carbocycles. The van der Waals surface area contributed by atoms with Gasteiger partial charge in [-0.25, -0.2) is 4.39 Å². The van der Waals surface area contributed by atoms with Gasteiger partial charge >= 0.3 is 0 Å². The highest BCUT2D eigenvalue weighted by Crippen LogP contribution is 2.39. The first-order valence-corrected chi connectivity index (χ1v) is 10.1. The van der Waals surface area contributed by atoms with E-state index in [1.54, 1.807) is 13.1 Å². The van der Waals surface area contributed by atoms with Gasteiger partial charge in [-0.05, 0) is 44.4 Å². The Balaban J connectivity index is 0.00000300. The summed E-state index contributed by atoms with van der Waals surface area (Å²) in [4.78, 5) is 4.39. The van der Waals surface area contributed by atoms with E-state index >= 15 is 0 Å². The van der Waals surface area contributed by atoms with Crippen molar-refractivity contribution in [3.05, 3.63) is 52.6 Å². The third kappa shape index (κ3) is 5.49. The van der Waals surface area contributed by atoms with Crippen molar-refractivity contribution in [3.63, 3.8) is 0 Å². The van der Waals surface area contributed by atoms with Crippen molar-refractivity contribution >= 4 is 29.9 Å². The normalized spacial score (nSPS) is 16.2. The average molecular weight is 513 g/mol. The highest BCUT2D eigenvalue weighted by atomic mass is 127. The summed E-state index contributed by atoms with van der Waals surface area (Å²) in [5, 5.41) is 11.4. The van der Waals surface area contributed by atoms with Crippen LogP contribution in [0.25, 0.3) is 0 Å². The second-order valence-electron chi connectivity index (χ2n) is 7.90. The van der Waals surface area contributed by atoms with Gasteiger partial charge in [0, 0.05) is 43.9 Å². The van der Waals surface area contributed by atoms with Gasteiger partial charge in [-0.1, -0.05) is 31.4 Å². The summed E-state index contributed by atoms with van der Waals surface area (Å²) in [7, 11) is 3.75. The van der Waals surface area contributed by atoms with Crippen molar-refractivity contribution in [1.29, 1.82) is 0 Å². The van der Waals surface area contributed by atoms with E-state index in [9.17, 15) is 4.39 Å². The van der Waals surface area contributed by atoms with E-state index in [1.807, 2.05) is 24.7 Å². The number of aliphatic imine (C=N–C) groups is 1. The second kappa shape index (κ2) is 10.4. The van der Waals surface area contributed by atoms with Gasteiger partial charge in [0.25, 0.3) is 0 Å². The molecule has 0 unspecified atom stereocenters. The maximum Gasteiger partial charge on any atom is 0.191 e. The lowest BCUT2D eigenvalue weighted by molar-refractivity contribution is 0.290. The zero-order chi connectivity index (χ0) is 20.1. The molecule has 1 saturated carbocycles. The first kappa shape index (κ1) is 23.6. The SMILES string of the molecule is CN=C(NCc1c(C)nn(C)c1C)NCC1(c2cccc(F)c2)CCCCC1.I. The molecule has 0 aliphatic heterocycles. The number of hydrogen-bond donors (Lipinski definition) is 2. The van der Waals surface area contributed by atoms with Crippen molar-refractivity contribution in [2.45, 2.75) is 57.9 Å². The van der Waals surface area contributed by atoms with Gasteiger partial charge in [-0.2, -0.15) is 5.10 Å². The molecular weight excluding hydrogens is 480 g/mol. The lowest BCUT2D eigenvalue weighted by Crippen LogP contribution is -2.46. The number of aromatic nitrogens is 2. The zero-order valence-corrected chi connectivity index (χ0v) is 20.2. The van der Waals surface area contributed by atoms with Gasteiger partial charge in [0.05, 0.1) is 5.69 Å². The van der Waals surface area contributed by atoms with Gasteiger partial charge < -0.3 is 10.6 Å². The Morgan fingerprint density at radius 1 is 1.21 bits per heavy atom. The topological polar surface area (TPSA) is 54.2 Å². The van der Waals surface area contributed by atoms with Crippen molar-refractivity contribution in [1.82, 2.24) is 20.4 Å². The standard InChI is InChI=1S/C22H32FN5.HI/c1-16-20(17(2)28(4)27-16)14-25-21(24-3)26-15-22(11-6-5-7-12-22)18-9-8-10-19(23)13-18;/h8-10,13H,5-7,11-12,14-15H2,1-4H3,(H2,24,25,26);1H. The largest absolute Gasteiger partial charge is 0.356 e. The summed E-state index contributed by atoms with van der Waals surface area (Å²) in [6, 6.07) is 7.11. The smallest absolute Gasteiger partial charge is 0.191 e. The third-order valence-corrected chi connectivity index (χ3v) is 6.16. The van der Waals surface area contributed by atoms with Crippen LogP contribution in [0.4, 0.5) is 4.39 Å². The van der Waals surface area contributed by atoms with Gasteiger partial charge in [0.2, 0.25) is 0 Å². The Bertz CT molecular complexity index is 840. The molecule has 7 heteroatoms. The predicted molar refractivity (Wildman–Crippen MR) is 127 cm³/mol. The summed E-state index contributed by atoms with van der Waals surface area (Å²) >= 11 is 0. The van der Waals surface area contributed by atoms with Crippen molar-refractivity contribution in [2.75, 3.05) is 13.6 Å². The van der Waals surface area contributed by atoms with E-state index in [-0.39, 0.29) is 35.2 Å². The second-order valence-corrected chi connectivity index (χ2v) is 7.90. The summed E-state index contributed by atoms with van der Waals surface area (Å²) in [6.07, 6.45) is 5.75. The molecule has 5 nitrogen and oxygen atoms in total. The molecule has 160 valence electrons. The molecule has 0 atom stereocenters. The Morgan fingerprint density at radius 2 is 1.93 bits per heavy atom. The van der Waals surface area contributed by atoms with Crippen LogP contribution in [-0.2, 0) is 19.0 Å². The molecule has 3 rings (SSSR count). The van der Waals surface area contributed by atoms with E-state index < -0.39 is 0 Å². The van der Waals surface area contributed by atoms with Crippen LogP contribution in [0.2, 0.25) is 0 Å². The molecule has 0 bridgehead atoms. The molecule has 0 radical (unpaired) electrons. The highest BCUT2D eigenvalue weighted by Gasteiger charge is 2.34. The molecule has 1 fully saturated rings. The van der Waals surface area contributed by atoms with Crippen molar-refractivity contribution in [3.8, 4) is 0 Å². The molecule has 2 N–H and O–H groups in total. The van der Waals surface area contributed by atoms with Gasteiger partial charge in [-0.15, -0.1) is 24.0 Å². The summed E-state index contributed by atoms with van der Waals surface area (Å²) < 4.78 is 15.8. The van der Waals surface area contributed by atoms with Crippen LogP contribution in [0, 0.1) is 19.7 Å². The summed E-state index contributed by atoms with van der Waals surface area (Å²) in [5.41, 5.74) is 4.44. The average Bonchev–Trinajstić information content (AvgIpc) is 2.94. The number of nitrogens with one attached hydrogen (secondary N) is 2. The Labute approximate surface area is 190 Å². The number of aryl methyl sites for hydroxylation is 2. The van der Waals surface area contributed by atoms with Crippen molar-refractivity contribution in [2.24, 2.45) is 12.0 Å². The minimum Gasteiger partial charge on any atom is -0.356 e. The number of halogens is 2. The monoisotopic (exact) mass is 513 g/mol. The van der Waals surface area contributed by atoms with E-state index in [1.165, 1.54) is 30.9 Å². The van der Waals surface area contributed by atoms with E-state index in [0.717, 1.165) is 42.3 Å². The number of guanidine groups is 1. The van der Waals surface area contributed by atoms with Crippen LogP contribution in [0.3, 0.4) is 0 Å². The number of hydrogen-bond acceptors (Lipinski definition) is 2. The maximum atomic E-state index is 13.9. The summed E-state index contributed by atoms with van der Waals surface area (Å²) in [6.45, 7) is 5.54. The first-order chi connectivity index (χ1) is 13.4. The van der Waals surface area contributed by atoms with E-state index in [4.69, 9.17) is 0 Å². The van der Waals surface area contributed by atoms with Crippen LogP contribution >= 0.6 is 24.0 Å². The fourth-order valence-electron chi connectivity index (χ4n) is 4.33. The minimum atomic E-state index is -0.160. The number of benzene rings is 1. The molecule has 29 heavy (non-hydrogen) atoms. The predicted octanol–water partition coefficient (Wildman–Crippen LogP) is 4.36. The lowest BCUT2D eigenvalue weighted by Gasteiger charge is -2.38. The fourth-order valence-corrected chi connectivity index (χ4v) is 4.33. The fraction of sp³-hybridized carbons (Fsp3) is 0.545. The molecule has 0 amide bonds. The Morgan fingerprint density at radius 3 is 2.52 bits per heavy atom. The Hall–Kier alpha value is -1.64. The molecule has 0 saturated heterocycles. The van der Waals surface area contributed by atoms with Crippen LogP contribution in [0.1, 0.15) is 54.6 Å². The molecule has 1 aliphatic rings. The van der Waals surface area contributed by atoms with Gasteiger partial charge in [-0.3, -0.25) is 9.67 Å². The van der Waals surface area contributed by atoms with Gasteiger partial charge in [0.15, 0.2) is 5.96 Å². The van der Waals surface area contributed by atoms with Crippen LogP contribution in [0.15, 0.2) is 29.3 Å². The maximum absolute atomic E-state index is 13.9. The molecule has 1 heterocycles. The first-order valence-electron chi connectivity index (χ1n) is 10.1.